The second kappa shape index (κ2) is 4.38. The molecule has 0 unspecified atom stereocenters. The zero-order chi connectivity index (χ0) is 12.4. The van der Waals surface area contributed by atoms with Crippen molar-refractivity contribution >= 4 is 10.9 Å². The van der Waals surface area contributed by atoms with E-state index in [9.17, 15) is 0 Å². The molecule has 1 heterocycles. The van der Waals surface area contributed by atoms with Crippen LogP contribution in [-0.2, 0) is 13.5 Å². The van der Waals surface area contributed by atoms with E-state index in [1.807, 2.05) is 29.9 Å². The Labute approximate surface area is 100.0 Å². The van der Waals surface area contributed by atoms with Crippen molar-refractivity contribution < 1.29 is 9.47 Å². The van der Waals surface area contributed by atoms with E-state index in [0.717, 1.165) is 28.0 Å². The smallest absolute Gasteiger partial charge is 0.132 e. The molecule has 0 spiro atoms. The zero-order valence-electron chi connectivity index (χ0n) is 10.2. The number of ether oxygens (including phenoxy) is 2. The van der Waals surface area contributed by atoms with E-state index < -0.39 is 0 Å². The SMILES string of the molecule is COc1cc(OC)c2c(CC#N)cn(C)c2c1. The fourth-order valence-electron chi connectivity index (χ4n) is 2.04. The summed E-state index contributed by atoms with van der Waals surface area (Å²) in [6.07, 6.45) is 2.33. The molecular weight excluding hydrogens is 216 g/mol. The Balaban J connectivity index is 2.77. The van der Waals surface area contributed by atoms with Crippen LogP contribution < -0.4 is 9.47 Å². The Hall–Kier alpha value is -2.15. The quantitative estimate of drug-likeness (QED) is 0.812. The standard InChI is InChI=1S/C13H14N2O2/c1-15-8-9(4-5-14)13-11(15)6-10(16-2)7-12(13)17-3/h6-8H,4H2,1-3H3. The lowest BCUT2D eigenvalue weighted by molar-refractivity contribution is 0.397. The first-order chi connectivity index (χ1) is 8.21. The first-order valence-corrected chi connectivity index (χ1v) is 5.28. The minimum atomic E-state index is 0.375. The molecule has 0 atom stereocenters. The van der Waals surface area contributed by atoms with Gasteiger partial charge in [0.15, 0.2) is 0 Å². The van der Waals surface area contributed by atoms with E-state index in [1.165, 1.54) is 0 Å². The molecule has 0 aliphatic rings. The van der Waals surface area contributed by atoms with Crippen LogP contribution in [0.2, 0.25) is 0 Å². The van der Waals surface area contributed by atoms with Crippen LogP contribution in [0.3, 0.4) is 0 Å². The minimum absolute atomic E-state index is 0.375. The summed E-state index contributed by atoms with van der Waals surface area (Å²) in [5, 5.41) is 9.81. The van der Waals surface area contributed by atoms with Crippen LogP contribution in [0.25, 0.3) is 10.9 Å². The topological polar surface area (TPSA) is 47.2 Å². The summed E-state index contributed by atoms with van der Waals surface area (Å²) in [5.41, 5.74) is 1.98. The Morgan fingerprint density at radius 3 is 2.65 bits per heavy atom. The van der Waals surface area contributed by atoms with Crippen LogP contribution in [-0.4, -0.2) is 18.8 Å². The molecule has 17 heavy (non-hydrogen) atoms. The second-order valence-electron chi connectivity index (χ2n) is 3.82. The molecule has 4 heteroatoms. The van der Waals surface area contributed by atoms with Gasteiger partial charge in [-0.15, -0.1) is 0 Å². The van der Waals surface area contributed by atoms with Crippen LogP contribution in [0.15, 0.2) is 18.3 Å². The van der Waals surface area contributed by atoms with Gasteiger partial charge in [0.2, 0.25) is 0 Å². The van der Waals surface area contributed by atoms with E-state index in [4.69, 9.17) is 14.7 Å². The number of aromatic nitrogens is 1. The van der Waals surface area contributed by atoms with Gasteiger partial charge in [-0.25, -0.2) is 0 Å². The van der Waals surface area contributed by atoms with E-state index >= 15 is 0 Å². The van der Waals surface area contributed by atoms with Crippen LogP contribution in [0.1, 0.15) is 5.56 Å². The lowest BCUT2D eigenvalue weighted by Gasteiger charge is -2.07. The normalized spacial score (nSPS) is 10.2. The summed E-state index contributed by atoms with van der Waals surface area (Å²) in [6, 6.07) is 5.95. The molecule has 0 aliphatic heterocycles. The molecule has 88 valence electrons. The molecule has 0 radical (unpaired) electrons. The van der Waals surface area contributed by atoms with E-state index in [-0.39, 0.29) is 0 Å². The van der Waals surface area contributed by atoms with Crippen molar-refractivity contribution in [3.63, 3.8) is 0 Å². The third-order valence-corrected chi connectivity index (χ3v) is 2.83. The van der Waals surface area contributed by atoms with Gasteiger partial charge in [0.25, 0.3) is 0 Å². The molecule has 0 N–H and O–H groups in total. The van der Waals surface area contributed by atoms with Crippen LogP contribution in [0.4, 0.5) is 0 Å². The predicted molar refractivity (Wildman–Crippen MR) is 65.3 cm³/mol. The number of aryl methyl sites for hydroxylation is 1. The van der Waals surface area contributed by atoms with Gasteiger partial charge < -0.3 is 14.0 Å². The second-order valence-corrected chi connectivity index (χ2v) is 3.82. The maximum absolute atomic E-state index is 8.83. The fourth-order valence-corrected chi connectivity index (χ4v) is 2.04. The molecule has 0 bridgehead atoms. The molecule has 0 aliphatic carbocycles. The number of benzene rings is 1. The van der Waals surface area contributed by atoms with Gasteiger partial charge in [-0.05, 0) is 5.56 Å². The van der Waals surface area contributed by atoms with Gasteiger partial charge in [-0.3, -0.25) is 0 Å². The highest BCUT2D eigenvalue weighted by molar-refractivity contribution is 5.91. The monoisotopic (exact) mass is 230 g/mol. The van der Waals surface area contributed by atoms with Crippen molar-refractivity contribution in [3.8, 4) is 17.6 Å². The first kappa shape index (κ1) is 11.3. The van der Waals surface area contributed by atoms with Crippen molar-refractivity contribution in [1.29, 1.82) is 5.26 Å². The molecule has 0 saturated carbocycles. The number of hydrogen-bond acceptors (Lipinski definition) is 3. The number of nitriles is 1. The summed E-state index contributed by atoms with van der Waals surface area (Å²) >= 11 is 0. The van der Waals surface area contributed by atoms with Crippen LogP contribution in [0.5, 0.6) is 11.5 Å². The van der Waals surface area contributed by atoms with E-state index in [2.05, 4.69) is 6.07 Å². The lowest BCUT2D eigenvalue weighted by Crippen LogP contribution is -1.90. The summed E-state index contributed by atoms with van der Waals surface area (Å²) in [6.45, 7) is 0. The summed E-state index contributed by atoms with van der Waals surface area (Å²) in [7, 11) is 5.19. The van der Waals surface area contributed by atoms with Gasteiger partial charge in [0.05, 0.1) is 32.2 Å². The Bertz CT molecular complexity index is 593. The Morgan fingerprint density at radius 2 is 2.06 bits per heavy atom. The van der Waals surface area contributed by atoms with Gasteiger partial charge in [0, 0.05) is 30.8 Å². The maximum Gasteiger partial charge on any atom is 0.132 e. The molecule has 2 aromatic rings. The molecule has 0 fully saturated rings. The van der Waals surface area contributed by atoms with Gasteiger partial charge in [0.1, 0.15) is 11.5 Å². The number of hydrogen-bond donors (Lipinski definition) is 0. The van der Waals surface area contributed by atoms with Gasteiger partial charge >= 0.3 is 0 Å². The highest BCUT2D eigenvalue weighted by atomic mass is 16.5. The van der Waals surface area contributed by atoms with E-state index in [1.54, 1.807) is 14.2 Å². The van der Waals surface area contributed by atoms with Gasteiger partial charge in [-0.2, -0.15) is 5.26 Å². The molecule has 1 aromatic heterocycles. The molecular formula is C13H14N2O2. The summed E-state index contributed by atoms with van der Waals surface area (Å²) in [5.74, 6) is 1.49. The van der Waals surface area contributed by atoms with Crippen LogP contribution >= 0.6 is 0 Å². The highest BCUT2D eigenvalue weighted by Crippen LogP contribution is 2.34. The first-order valence-electron chi connectivity index (χ1n) is 5.28. The number of nitrogens with zero attached hydrogens (tertiary/aromatic N) is 2. The number of fused-ring (bicyclic) bond motifs is 1. The molecule has 4 nitrogen and oxygen atoms in total. The summed E-state index contributed by atoms with van der Waals surface area (Å²) < 4.78 is 12.6. The van der Waals surface area contributed by atoms with E-state index in [0.29, 0.717) is 6.42 Å². The van der Waals surface area contributed by atoms with Crippen molar-refractivity contribution in [2.24, 2.45) is 7.05 Å². The highest BCUT2D eigenvalue weighted by Gasteiger charge is 2.13. The average molecular weight is 230 g/mol. The summed E-state index contributed by atoms with van der Waals surface area (Å²) in [4.78, 5) is 0. The molecule has 0 saturated heterocycles. The van der Waals surface area contributed by atoms with Crippen molar-refractivity contribution in [2.75, 3.05) is 14.2 Å². The average Bonchev–Trinajstić information content (AvgIpc) is 2.66. The zero-order valence-corrected chi connectivity index (χ0v) is 10.2. The number of methoxy groups -OCH3 is 2. The Morgan fingerprint density at radius 1 is 1.29 bits per heavy atom. The third-order valence-electron chi connectivity index (χ3n) is 2.83. The predicted octanol–water partition coefficient (Wildman–Crippen LogP) is 2.26. The third kappa shape index (κ3) is 1.80. The van der Waals surface area contributed by atoms with Crippen molar-refractivity contribution in [3.05, 3.63) is 23.9 Å². The molecule has 1 aromatic carbocycles. The van der Waals surface area contributed by atoms with Crippen molar-refractivity contribution in [1.82, 2.24) is 4.57 Å². The fraction of sp³-hybridized carbons (Fsp3) is 0.308. The molecule has 0 amide bonds. The van der Waals surface area contributed by atoms with Crippen molar-refractivity contribution in [2.45, 2.75) is 6.42 Å². The number of rotatable bonds is 3. The largest absolute Gasteiger partial charge is 0.497 e. The molecule has 2 rings (SSSR count). The lowest BCUT2D eigenvalue weighted by atomic mass is 10.1. The Kier molecular flexibility index (Phi) is 2.92. The maximum atomic E-state index is 8.83. The van der Waals surface area contributed by atoms with Crippen LogP contribution in [0, 0.1) is 11.3 Å². The minimum Gasteiger partial charge on any atom is -0.497 e. The van der Waals surface area contributed by atoms with Gasteiger partial charge in [-0.1, -0.05) is 0 Å².